The summed E-state index contributed by atoms with van der Waals surface area (Å²) in [5.41, 5.74) is 1.98. The van der Waals surface area contributed by atoms with Crippen LogP contribution < -0.4 is 0 Å². The minimum atomic E-state index is 0.568. The summed E-state index contributed by atoms with van der Waals surface area (Å²) < 4.78 is 0. The van der Waals surface area contributed by atoms with Gasteiger partial charge in [0.05, 0.1) is 10.0 Å². The summed E-state index contributed by atoms with van der Waals surface area (Å²) in [5, 5.41) is 1.15. The number of hydrogen-bond donors (Lipinski definition) is 0. The molecule has 2 aromatic rings. The lowest BCUT2D eigenvalue weighted by molar-refractivity contribution is 1.32. The second-order valence-electron chi connectivity index (χ2n) is 3.26. The van der Waals surface area contributed by atoms with Crippen LogP contribution >= 0.6 is 23.2 Å². The molecule has 16 heavy (non-hydrogen) atoms. The van der Waals surface area contributed by atoms with E-state index >= 15 is 0 Å². The van der Waals surface area contributed by atoms with Gasteiger partial charge in [-0.15, -0.1) is 0 Å². The predicted molar refractivity (Wildman–Crippen MR) is 69.6 cm³/mol. The Morgan fingerprint density at radius 2 is 1.69 bits per heavy atom. The van der Waals surface area contributed by atoms with Gasteiger partial charge in [0.2, 0.25) is 0 Å². The molecule has 0 atom stereocenters. The van der Waals surface area contributed by atoms with Crippen LogP contribution in [0.5, 0.6) is 0 Å². The Morgan fingerprint density at radius 1 is 0.938 bits per heavy atom. The van der Waals surface area contributed by atoms with Gasteiger partial charge >= 0.3 is 0 Å². The molecule has 0 aliphatic carbocycles. The van der Waals surface area contributed by atoms with E-state index in [1.54, 1.807) is 18.5 Å². The Bertz CT molecular complexity index is 507. The summed E-state index contributed by atoms with van der Waals surface area (Å²) in [7, 11) is 0. The molecule has 0 amide bonds. The number of pyridine rings is 1. The Hall–Kier alpha value is -1.31. The largest absolute Gasteiger partial charge is 0.265 e. The standard InChI is InChI=1S/C13H9Cl2N/c14-12-3-1-2-11(13(12)15)5-4-10-6-8-16-9-7-10/h1-9H/b5-4+. The SMILES string of the molecule is Clc1cccc(/C=C/c2ccncc2)c1Cl. The van der Waals surface area contributed by atoms with Gasteiger partial charge in [-0.1, -0.05) is 47.5 Å². The zero-order chi connectivity index (χ0) is 11.4. The van der Waals surface area contributed by atoms with Crippen LogP contribution in [0.1, 0.15) is 11.1 Å². The number of aromatic nitrogens is 1. The zero-order valence-corrected chi connectivity index (χ0v) is 9.91. The molecule has 0 aliphatic rings. The molecule has 0 bridgehead atoms. The lowest BCUT2D eigenvalue weighted by Crippen LogP contribution is -1.77. The fourth-order valence-electron chi connectivity index (χ4n) is 1.31. The Kier molecular flexibility index (Phi) is 3.60. The van der Waals surface area contributed by atoms with Crippen molar-refractivity contribution in [3.05, 3.63) is 63.9 Å². The van der Waals surface area contributed by atoms with E-state index in [1.165, 1.54) is 0 Å². The van der Waals surface area contributed by atoms with Crippen LogP contribution in [-0.2, 0) is 0 Å². The maximum absolute atomic E-state index is 6.06. The minimum Gasteiger partial charge on any atom is -0.265 e. The molecule has 3 heteroatoms. The first-order chi connectivity index (χ1) is 7.77. The van der Waals surface area contributed by atoms with Gasteiger partial charge in [-0.2, -0.15) is 0 Å². The van der Waals surface area contributed by atoms with Gasteiger partial charge in [0, 0.05) is 12.4 Å². The summed E-state index contributed by atoms with van der Waals surface area (Å²) in [6.45, 7) is 0. The van der Waals surface area contributed by atoms with Gasteiger partial charge in [0.15, 0.2) is 0 Å². The topological polar surface area (TPSA) is 12.9 Å². The summed E-state index contributed by atoms with van der Waals surface area (Å²) in [4.78, 5) is 3.95. The zero-order valence-electron chi connectivity index (χ0n) is 8.40. The molecule has 0 fully saturated rings. The van der Waals surface area contributed by atoms with Gasteiger partial charge in [0.1, 0.15) is 0 Å². The van der Waals surface area contributed by atoms with E-state index in [2.05, 4.69) is 4.98 Å². The van der Waals surface area contributed by atoms with Crippen LogP contribution in [0.3, 0.4) is 0 Å². The van der Waals surface area contributed by atoms with Crippen LogP contribution in [0, 0.1) is 0 Å². The molecule has 1 aromatic carbocycles. The van der Waals surface area contributed by atoms with E-state index in [0.717, 1.165) is 11.1 Å². The normalized spacial score (nSPS) is 10.9. The second-order valence-corrected chi connectivity index (χ2v) is 4.04. The van der Waals surface area contributed by atoms with Crippen molar-refractivity contribution in [3.8, 4) is 0 Å². The average Bonchev–Trinajstić information content (AvgIpc) is 2.32. The lowest BCUT2D eigenvalue weighted by Gasteiger charge is -1.99. The molecule has 1 nitrogen and oxygen atoms in total. The van der Waals surface area contributed by atoms with Crippen molar-refractivity contribution >= 4 is 35.4 Å². The number of halogens is 2. The van der Waals surface area contributed by atoms with Crippen molar-refractivity contribution < 1.29 is 0 Å². The molecular weight excluding hydrogens is 241 g/mol. The van der Waals surface area contributed by atoms with E-state index in [-0.39, 0.29) is 0 Å². The summed E-state index contributed by atoms with van der Waals surface area (Å²) in [5.74, 6) is 0. The van der Waals surface area contributed by atoms with Crippen LogP contribution in [0.15, 0.2) is 42.7 Å². The van der Waals surface area contributed by atoms with Gasteiger partial charge in [-0.05, 0) is 29.3 Å². The maximum Gasteiger partial charge on any atom is 0.0664 e. The Labute approximate surface area is 104 Å². The van der Waals surface area contributed by atoms with Crippen molar-refractivity contribution in [2.75, 3.05) is 0 Å². The molecule has 0 spiro atoms. The van der Waals surface area contributed by atoms with Crippen molar-refractivity contribution in [2.24, 2.45) is 0 Å². The first-order valence-corrected chi connectivity index (χ1v) is 5.55. The van der Waals surface area contributed by atoms with Gasteiger partial charge < -0.3 is 0 Å². The second kappa shape index (κ2) is 5.15. The van der Waals surface area contributed by atoms with Gasteiger partial charge in [-0.25, -0.2) is 0 Å². The third-order valence-corrected chi connectivity index (χ3v) is 2.98. The third-order valence-electron chi connectivity index (χ3n) is 2.14. The molecule has 0 saturated heterocycles. The first-order valence-electron chi connectivity index (χ1n) is 4.79. The molecular formula is C13H9Cl2N. The fraction of sp³-hybridized carbons (Fsp3) is 0. The molecule has 0 aliphatic heterocycles. The van der Waals surface area contributed by atoms with Crippen molar-refractivity contribution in [1.82, 2.24) is 4.98 Å². The fourth-order valence-corrected chi connectivity index (χ4v) is 1.68. The number of hydrogen-bond acceptors (Lipinski definition) is 1. The monoisotopic (exact) mass is 249 g/mol. The summed E-state index contributed by atoms with van der Waals surface area (Å²) >= 11 is 12.0. The molecule has 0 saturated carbocycles. The molecule has 1 heterocycles. The lowest BCUT2D eigenvalue weighted by atomic mass is 10.1. The number of benzene rings is 1. The third kappa shape index (κ3) is 2.63. The highest BCUT2D eigenvalue weighted by molar-refractivity contribution is 6.42. The Morgan fingerprint density at radius 3 is 2.44 bits per heavy atom. The van der Waals surface area contributed by atoms with Gasteiger partial charge in [0.25, 0.3) is 0 Å². The average molecular weight is 250 g/mol. The summed E-state index contributed by atoms with van der Waals surface area (Å²) in [6, 6.07) is 9.42. The van der Waals surface area contributed by atoms with Crippen LogP contribution in [-0.4, -0.2) is 4.98 Å². The van der Waals surface area contributed by atoms with E-state index < -0.39 is 0 Å². The molecule has 1 aromatic heterocycles. The van der Waals surface area contributed by atoms with E-state index in [4.69, 9.17) is 23.2 Å². The molecule has 2 rings (SSSR count). The minimum absolute atomic E-state index is 0.568. The highest BCUT2D eigenvalue weighted by Crippen LogP contribution is 2.26. The van der Waals surface area contributed by atoms with E-state index in [1.807, 2.05) is 36.4 Å². The van der Waals surface area contributed by atoms with E-state index in [0.29, 0.717) is 10.0 Å². The smallest absolute Gasteiger partial charge is 0.0664 e. The maximum atomic E-state index is 6.06. The van der Waals surface area contributed by atoms with Crippen LogP contribution in [0.2, 0.25) is 10.0 Å². The van der Waals surface area contributed by atoms with Crippen LogP contribution in [0.4, 0.5) is 0 Å². The predicted octanol–water partition coefficient (Wildman–Crippen LogP) is 4.56. The van der Waals surface area contributed by atoms with Crippen molar-refractivity contribution in [1.29, 1.82) is 0 Å². The highest BCUT2D eigenvalue weighted by Gasteiger charge is 2.00. The first kappa shape index (κ1) is 11.2. The molecule has 80 valence electrons. The molecule has 0 radical (unpaired) electrons. The van der Waals surface area contributed by atoms with Crippen molar-refractivity contribution in [3.63, 3.8) is 0 Å². The highest BCUT2D eigenvalue weighted by atomic mass is 35.5. The molecule has 0 unspecified atom stereocenters. The number of rotatable bonds is 2. The van der Waals surface area contributed by atoms with E-state index in [9.17, 15) is 0 Å². The van der Waals surface area contributed by atoms with Crippen LogP contribution in [0.25, 0.3) is 12.2 Å². The van der Waals surface area contributed by atoms with Crippen molar-refractivity contribution in [2.45, 2.75) is 0 Å². The van der Waals surface area contributed by atoms with Gasteiger partial charge in [-0.3, -0.25) is 4.98 Å². The Balaban J connectivity index is 2.28. The summed E-state index contributed by atoms with van der Waals surface area (Å²) in [6.07, 6.45) is 7.40. The number of nitrogens with zero attached hydrogens (tertiary/aromatic N) is 1. The quantitative estimate of drug-likeness (QED) is 0.761. The molecule has 0 N–H and O–H groups in total.